The molecule has 2 rings (SSSR count). The van der Waals surface area contributed by atoms with E-state index in [0.717, 1.165) is 37.0 Å². The molecule has 0 amide bonds. The number of unbranched alkanes of at least 4 members (excludes halogenated alkanes) is 5. The third-order valence-electron chi connectivity index (χ3n) is 5.57. The minimum Gasteiger partial charge on any atom is -0.490 e. The van der Waals surface area contributed by atoms with Crippen LogP contribution in [-0.2, 0) is 11.0 Å². The largest absolute Gasteiger partial charge is 0.490 e. The van der Waals surface area contributed by atoms with Gasteiger partial charge in [-0.25, -0.2) is 0 Å². The molecule has 170 valence electrons. The van der Waals surface area contributed by atoms with E-state index in [0.29, 0.717) is 12.2 Å². The smallest absolute Gasteiger partial charge is 0.329 e. The van der Waals surface area contributed by atoms with Crippen LogP contribution in [0.4, 0.5) is 0 Å². The van der Waals surface area contributed by atoms with Crippen LogP contribution in [0.1, 0.15) is 84.1 Å². The molecule has 2 unspecified atom stereocenters. The van der Waals surface area contributed by atoms with Crippen LogP contribution in [0.15, 0.2) is 30.4 Å². The first-order valence-electron chi connectivity index (χ1n) is 11.5. The van der Waals surface area contributed by atoms with E-state index in [1.54, 1.807) is 0 Å². The lowest BCUT2D eigenvalue weighted by molar-refractivity contribution is 0.113. The zero-order valence-electron chi connectivity index (χ0n) is 18.8. The van der Waals surface area contributed by atoms with Crippen LogP contribution in [0.25, 0.3) is 0 Å². The Bertz CT molecular complexity index is 726. The van der Waals surface area contributed by atoms with Gasteiger partial charge in [0.1, 0.15) is 23.2 Å². The van der Waals surface area contributed by atoms with E-state index in [4.69, 9.17) is 9.47 Å². The maximum absolute atomic E-state index is 11.4. The van der Waals surface area contributed by atoms with E-state index < -0.39 is 13.7 Å². The SMILES string of the molecule is CCCCCCCC=CC1(C)CCc2cc(OC(CCC)CP(=O)(O)O)ccc2O1. The van der Waals surface area contributed by atoms with Crippen LogP contribution in [0.2, 0.25) is 0 Å². The van der Waals surface area contributed by atoms with Crippen molar-refractivity contribution in [2.45, 2.75) is 96.7 Å². The Morgan fingerprint density at radius 2 is 1.97 bits per heavy atom. The summed E-state index contributed by atoms with van der Waals surface area (Å²) in [6, 6.07) is 5.71. The van der Waals surface area contributed by atoms with Gasteiger partial charge in [0.15, 0.2) is 0 Å². The van der Waals surface area contributed by atoms with Gasteiger partial charge in [-0.05, 0) is 68.9 Å². The summed E-state index contributed by atoms with van der Waals surface area (Å²) in [6.07, 6.45) is 14.5. The number of fused-ring (bicyclic) bond motifs is 1. The highest BCUT2D eigenvalue weighted by Gasteiger charge is 2.29. The molecule has 2 N–H and O–H groups in total. The molecule has 1 aliphatic rings. The third-order valence-corrected chi connectivity index (χ3v) is 6.45. The Morgan fingerprint density at radius 3 is 2.67 bits per heavy atom. The molecular weight excluding hydrogens is 399 g/mol. The minimum absolute atomic E-state index is 0.254. The molecule has 0 aliphatic carbocycles. The summed E-state index contributed by atoms with van der Waals surface area (Å²) in [4.78, 5) is 18.6. The van der Waals surface area contributed by atoms with Gasteiger partial charge in [0.2, 0.25) is 0 Å². The van der Waals surface area contributed by atoms with Crippen molar-refractivity contribution >= 4 is 7.60 Å². The second-order valence-corrected chi connectivity index (χ2v) is 10.4. The van der Waals surface area contributed by atoms with Gasteiger partial charge in [0, 0.05) is 0 Å². The standard InChI is InChI=1S/C24H39O5P/c1-4-6-7-8-9-10-11-16-24(3)17-15-20-18-21(13-14-23(20)29-24)28-22(12-5-2)19-30(25,26)27/h11,13-14,16,18,22H,4-10,12,15,17,19H2,1-3H3,(H2,25,26,27). The molecule has 0 radical (unpaired) electrons. The summed E-state index contributed by atoms with van der Waals surface area (Å²) >= 11 is 0. The van der Waals surface area contributed by atoms with Gasteiger partial charge in [-0.2, -0.15) is 0 Å². The molecule has 0 saturated heterocycles. The molecule has 0 aromatic heterocycles. The van der Waals surface area contributed by atoms with Gasteiger partial charge in [-0.3, -0.25) is 4.57 Å². The highest BCUT2D eigenvalue weighted by atomic mass is 31.2. The summed E-state index contributed by atoms with van der Waals surface area (Å²) in [6.45, 7) is 6.35. The molecule has 30 heavy (non-hydrogen) atoms. The molecule has 1 heterocycles. The van der Waals surface area contributed by atoms with Gasteiger partial charge in [0.25, 0.3) is 0 Å². The fourth-order valence-corrected chi connectivity index (χ4v) is 4.68. The van der Waals surface area contributed by atoms with Crippen LogP contribution >= 0.6 is 7.60 Å². The number of hydrogen-bond donors (Lipinski definition) is 2. The average Bonchev–Trinajstić information content (AvgIpc) is 2.66. The average molecular weight is 439 g/mol. The number of aryl methyl sites for hydroxylation is 1. The molecule has 0 saturated carbocycles. The lowest BCUT2D eigenvalue weighted by atomic mass is 9.91. The quantitative estimate of drug-likeness (QED) is 0.211. The molecule has 0 fully saturated rings. The topological polar surface area (TPSA) is 76.0 Å². The van der Waals surface area contributed by atoms with Crippen molar-refractivity contribution in [3.63, 3.8) is 0 Å². The number of ether oxygens (including phenoxy) is 2. The van der Waals surface area contributed by atoms with Crippen molar-refractivity contribution in [1.29, 1.82) is 0 Å². The summed E-state index contributed by atoms with van der Waals surface area (Å²) in [5.74, 6) is 1.51. The zero-order chi connectivity index (χ0) is 22.0. The summed E-state index contributed by atoms with van der Waals surface area (Å²) < 4.78 is 23.6. The van der Waals surface area contributed by atoms with Crippen LogP contribution in [0.3, 0.4) is 0 Å². The summed E-state index contributed by atoms with van der Waals surface area (Å²) in [5, 5.41) is 0. The lowest BCUT2D eigenvalue weighted by Crippen LogP contribution is -2.34. The van der Waals surface area contributed by atoms with Crippen molar-refractivity contribution in [1.82, 2.24) is 0 Å². The minimum atomic E-state index is -4.11. The monoisotopic (exact) mass is 438 g/mol. The highest BCUT2D eigenvalue weighted by molar-refractivity contribution is 7.51. The summed E-state index contributed by atoms with van der Waals surface area (Å²) in [7, 11) is -4.11. The van der Waals surface area contributed by atoms with E-state index in [-0.39, 0.29) is 11.8 Å². The molecule has 0 spiro atoms. The predicted octanol–water partition coefficient (Wildman–Crippen LogP) is 6.41. The van der Waals surface area contributed by atoms with Crippen molar-refractivity contribution in [2.75, 3.05) is 6.16 Å². The molecule has 1 aromatic carbocycles. The lowest BCUT2D eigenvalue weighted by Gasteiger charge is -2.34. The Kier molecular flexibility index (Phi) is 9.93. The Morgan fingerprint density at radius 1 is 1.20 bits per heavy atom. The van der Waals surface area contributed by atoms with Gasteiger partial charge in [0.05, 0.1) is 6.16 Å². The second-order valence-electron chi connectivity index (χ2n) is 8.67. The number of hydrogen-bond acceptors (Lipinski definition) is 3. The Balaban J connectivity index is 1.93. The first kappa shape index (κ1) is 25.0. The van der Waals surface area contributed by atoms with Crippen molar-refractivity contribution < 1.29 is 23.8 Å². The van der Waals surface area contributed by atoms with Gasteiger partial charge < -0.3 is 19.3 Å². The second kappa shape index (κ2) is 11.9. The third kappa shape index (κ3) is 8.83. The van der Waals surface area contributed by atoms with Gasteiger partial charge >= 0.3 is 7.60 Å². The number of rotatable bonds is 13. The molecule has 1 aliphatic heterocycles. The van der Waals surface area contributed by atoms with Crippen LogP contribution in [-0.4, -0.2) is 27.7 Å². The van der Waals surface area contributed by atoms with E-state index in [1.807, 2.05) is 25.1 Å². The van der Waals surface area contributed by atoms with Crippen LogP contribution in [0, 0.1) is 0 Å². The van der Waals surface area contributed by atoms with Crippen LogP contribution < -0.4 is 9.47 Å². The molecule has 6 heteroatoms. The summed E-state index contributed by atoms with van der Waals surface area (Å²) in [5.41, 5.74) is 0.800. The zero-order valence-corrected chi connectivity index (χ0v) is 19.7. The van der Waals surface area contributed by atoms with E-state index >= 15 is 0 Å². The Hall–Kier alpha value is -1.29. The van der Waals surface area contributed by atoms with Gasteiger partial charge in [-0.15, -0.1) is 0 Å². The molecule has 0 bridgehead atoms. The normalized spacial score (nSPS) is 20.0. The highest BCUT2D eigenvalue weighted by Crippen LogP contribution is 2.39. The maximum Gasteiger partial charge on any atom is 0.329 e. The number of benzene rings is 1. The Labute approximate surface area is 182 Å². The first-order chi connectivity index (χ1) is 14.2. The fraction of sp³-hybridized carbons (Fsp3) is 0.667. The van der Waals surface area contributed by atoms with E-state index in [9.17, 15) is 14.4 Å². The van der Waals surface area contributed by atoms with E-state index in [2.05, 4.69) is 26.0 Å². The molecular formula is C24H39O5P. The fourth-order valence-electron chi connectivity index (χ4n) is 3.89. The molecule has 1 aromatic rings. The first-order valence-corrected chi connectivity index (χ1v) is 13.3. The van der Waals surface area contributed by atoms with Crippen LogP contribution in [0.5, 0.6) is 11.5 Å². The van der Waals surface area contributed by atoms with Crippen molar-refractivity contribution in [3.8, 4) is 11.5 Å². The number of allylic oxidation sites excluding steroid dienone is 1. The van der Waals surface area contributed by atoms with E-state index in [1.165, 1.54) is 32.1 Å². The molecule has 5 nitrogen and oxygen atoms in total. The molecule has 2 atom stereocenters. The van der Waals surface area contributed by atoms with Gasteiger partial charge in [-0.1, -0.05) is 52.0 Å². The predicted molar refractivity (Wildman–Crippen MR) is 123 cm³/mol. The maximum atomic E-state index is 11.4. The van der Waals surface area contributed by atoms with Crippen molar-refractivity contribution in [3.05, 3.63) is 35.9 Å². The van der Waals surface area contributed by atoms with Crippen molar-refractivity contribution in [2.24, 2.45) is 0 Å².